The van der Waals surface area contributed by atoms with Crippen molar-refractivity contribution in [2.24, 2.45) is 0 Å². The van der Waals surface area contributed by atoms with Crippen molar-refractivity contribution in [2.45, 2.75) is 30.5 Å². The predicted molar refractivity (Wildman–Crippen MR) is 66.7 cm³/mol. The monoisotopic (exact) mass is 282 g/mol. The molecular formula is C12H14N2O6. The molecule has 1 saturated heterocycles. The van der Waals surface area contributed by atoms with Crippen LogP contribution in [0.4, 0.5) is 0 Å². The van der Waals surface area contributed by atoms with E-state index < -0.39 is 41.9 Å². The quantitative estimate of drug-likeness (QED) is 0.456. The number of terminal acetylenes is 1. The first-order valence-electron chi connectivity index (χ1n) is 5.85. The first-order valence-corrected chi connectivity index (χ1v) is 5.85. The van der Waals surface area contributed by atoms with Gasteiger partial charge in [-0.2, -0.15) is 0 Å². The number of nitrogens with zero attached hydrogens (tertiary/aromatic N) is 1. The van der Waals surface area contributed by atoms with Crippen LogP contribution in [-0.2, 0) is 4.74 Å². The topological polar surface area (TPSA) is 125 Å². The van der Waals surface area contributed by atoms with Crippen molar-refractivity contribution < 1.29 is 20.1 Å². The van der Waals surface area contributed by atoms with Crippen molar-refractivity contribution in [3.8, 4) is 12.3 Å². The summed E-state index contributed by atoms with van der Waals surface area (Å²) < 4.78 is 6.21. The van der Waals surface area contributed by atoms with E-state index in [0.717, 1.165) is 16.8 Å². The molecule has 1 aromatic heterocycles. The number of aromatic nitrogens is 2. The van der Waals surface area contributed by atoms with E-state index in [9.17, 15) is 19.8 Å². The van der Waals surface area contributed by atoms with Crippen LogP contribution in [-0.4, -0.2) is 49.3 Å². The molecule has 0 amide bonds. The van der Waals surface area contributed by atoms with Crippen LogP contribution in [0.1, 0.15) is 12.6 Å². The molecule has 0 bridgehead atoms. The number of aromatic amines is 1. The van der Waals surface area contributed by atoms with Crippen LogP contribution in [0.2, 0.25) is 0 Å². The molecule has 0 aliphatic carbocycles. The molecule has 1 fully saturated rings. The minimum Gasteiger partial charge on any atom is -0.394 e. The summed E-state index contributed by atoms with van der Waals surface area (Å²) in [7, 11) is 0. The molecule has 2 heterocycles. The van der Waals surface area contributed by atoms with Crippen molar-refractivity contribution in [2.75, 3.05) is 6.61 Å². The van der Waals surface area contributed by atoms with E-state index in [4.69, 9.17) is 16.3 Å². The van der Waals surface area contributed by atoms with Crippen molar-refractivity contribution in [3.63, 3.8) is 0 Å². The highest BCUT2D eigenvalue weighted by atomic mass is 16.6. The molecule has 0 unspecified atom stereocenters. The molecule has 0 spiro atoms. The summed E-state index contributed by atoms with van der Waals surface area (Å²) in [6.45, 7) is -0.553. The Morgan fingerprint density at radius 2 is 2.25 bits per heavy atom. The van der Waals surface area contributed by atoms with Gasteiger partial charge in [0.15, 0.2) is 6.23 Å². The summed E-state index contributed by atoms with van der Waals surface area (Å²) in [5, 5.41) is 29.6. The summed E-state index contributed by atoms with van der Waals surface area (Å²) >= 11 is 0. The molecule has 0 aromatic carbocycles. The Balaban J connectivity index is 2.51. The maximum atomic E-state index is 11.7. The predicted octanol–water partition coefficient (Wildman–Crippen LogP) is -2.46. The molecule has 1 aromatic rings. The van der Waals surface area contributed by atoms with Crippen LogP contribution in [0.25, 0.3) is 0 Å². The third-order valence-electron chi connectivity index (χ3n) is 3.26. The van der Waals surface area contributed by atoms with Gasteiger partial charge in [0.05, 0.1) is 6.61 Å². The van der Waals surface area contributed by atoms with E-state index in [0.29, 0.717) is 0 Å². The molecule has 0 radical (unpaired) electrons. The van der Waals surface area contributed by atoms with Gasteiger partial charge in [-0.15, -0.1) is 12.3 Å². The van der Waals surface area contributed by atoms with E-state index in [1.807, 2.05) is 4.98 Å². The lowest BCUT2D eigenvalue weighted by molar-refractivity contribution is -0.107. The van der Waals surface area contributed by atoms with Crippen molar-refractivity contribution in [3.05, 3.63) is 33.1 Å². The molecule has 1 aliphatic heterocycles. The highest BCUT2D eigenvalue weighted by molar-refractivity contribution is 5.08. The molecule has 108 valence electrons. The largest absolute Gasteiger partial charge is 0.394 e. The van der Waals surface area contributed by atoms with E-state index in [1.165, 1.54) is 0 Å². The fraction of sp³-hybridized carbons (Fsp3) is 0.500. The van der Waals surface area contributed by atoms with Crippen LogP contribution in [0.15, 0.2) is 21.9 Å². The Hall–Kier alpha value is -1.92. The number of nitrogens with one attached hydrogen (secondary N) is 1. The SMILES string of the molecule is C#CC[C@@]1(O)[C@H](O)[C@@H](CO)O[C@H]1n1ccc(=O)[nH]c1=O. The number of hydrogen-bond donors (Lipinski definition) is 4. The van der Waals surface area contributed by atoms with Gasteiger partial charge in [0.2, 0.25) is 0 Å². The van der Waals surface area contributed by atoms with Crippen molar-refractivity contribution >= 4 is 0 Å². The zero-order valence-corrected chi connectivity index (χ0v) is 10.4. The standard InChI is InChI=1S/C12H14N2O6/c1-2-4-12(19)9(17)7(6-15)20-10(12)14-5-3-8(16)13-11(14)18/h1,3,5,7,9-10,15,17,19H,4,6H2,(H,13,16,18)/t7-,9-,10-,12-/m1/s1. The van der Waals surface area contributed by atoms with Crippen molar-refractivity contribution in [1.82, 2.24) is 9.55 Å². The number of H-pyrrole nitrogens is 1. The average Bonchev–Trinajstić information content (AvgIpc) is 2.63. The molecule has 2 rings (SSSR count). The number of ether oxygens (including phenoxy) is 1. The average molecular weight is 282 g/mol. The lowest BCUT2D eigenvalue weighted by Crippen LogP contribution is -2.49. The smallest absolute Gasteiger partial charge is 0.330 e. The normalized spacial score (nSPS) is 33.0. The highest BCUT2D eigenvalue weighted by Gasteiger charge is 2.55. The minimum atomic E-state index is -1.94. The fourth-order valence-electron chi connectivity index (χ4n) is 2.24. The molecule has 4 atom stereocenters. The first kappa shape index (κ1) is 14.5. The second-order valence-corrected chi connectivity index (χ2v) is 4.54. The third kappa shape index (κ3) is 2.17. The van der Waals surface area contributed by atoms with Gasteiger partial charge in [0, 0.05) is 18.7 Å². The van der Waals surface area contributed by atoms with E-state index in [2.05, 4.69) is 5.92 Å². The van der Waals surface area contributed by atoms with Crippen LogP contribution in [0.5, 0.6) is 0 Å². The molecule has 0 saturated carbocycles. The number of aliphatic hydroxyl groups is 3. The molecule has 8 heteroatoms. The van der Waals surface area contributed by atoms with Gasteiger partial charge in [0.1, 0.15) is 17.8 Å². The number of hydrogen-bond acceptors (Lipinski definition) is 6. The minimum absolute atomic E-state index is 0.291. The zero-order valence-electron chi connectivity index (χ0n) is 10.4. The number of aliphatic hydroxyl groups excluding tert-OH is 2. The van der Waals surface area contributed by atoms with Crippen LogP contribution >= 0.6 is 0 Å². The third-order valence-corrected chi connectivity index (χ3v) is 3.26. The van der Waals surface area contributed by atoms with Gasteiger partial charge >= 0.3 is 5.69 Å². The Kier molecular flexibility index (Phi) is 3.78. The lowest BCUT2D eigenvalue weighted by atomic mass is 9.91. The second-order valence-electron chi connectivity index (χ2n) is 4.54. The van der Waals surface area contributed by atoms with Crippen molar-refractivity contribution in [1.29, 1.82) is 0 Å². The van der Waals surface area contributed by atoms with Gasteiger partial charge in [0.25, 0.3) is 5.56 Å². The summed E-state index contributed by atoms with van der Waals surface area (Å²) in [6, 6.07) is 1.07. The summed E-state index contributed by atoms with van der Waals surface area (Å²) in [5.41, 5.74) is -3.36. The van der Waals surface area contributed by atoms with Crippen LogP contribution < -0.4 is 11.2 Å². The van der Waals surface area contributed by atoms with Crippen LogP contribution in [0.3, 0.4) is 0 Å². The summed E-state index contributed by atoms with van der Waals surface area (Å²) in [6.07, 6.45) is 2.13. The van der Waals surface area contributed by atoms with E-state index in [-0.39, 0.29) is 6.42 Å². The lowest BCUT2D eigenvalue weighted by Gasteiger charge is -2.29. The van der Waals surface area contributed by atoms with E-state index >= 15 is 0 Å². The molecule has 1 aliphatic rings. The Bertz CT molecular complexity index is 644. The van der Waals surface area contributed by atoms with Crippen LogP contribution in [0, 0.1) is 12.3 Å². The summed E-state index contributed by atoms with van der Waals surface area (Å²) in [4.78, 5) is 24.8. The Morgan fingerprint density at radius 1 is 1.55 bits per heavy atom. The van der Waals surface area contributed by atoms with E-state index in [1.54, 1.807) is 0 Å². The molecule has 8 nitrogen and oxygen atoms in total. The first-order chi connectivity index (χ1) is 9.43. The second kappa shape index (κ2) is 5.22. The Labute approximate surface area is 113 Å². The summed E-state index contributed by atoms with van der Waals surface area (Å²) in [5.74, 6) is 2.20. The molecule has 20 heavy (non-hydrogen) atoms. The maximum Gasteiger partial charge on any atom is 0.330 e. The van der Waals surface area contributed by atoms with Gasteiger partial charge in [-0.3, -0.25) is 14.3 Å². The molecule has 4 N–H and O–H groups in total. The van der Waals surface area contributed by atoms with Gasteiger partial charge in [-0.25, -0.2) is 4.79 Å². The highest BCUT2D eigenvalue weighted by Crippen LogP contribution is 2.39. The Morgan fingerprint density at radius 3 is 2.80 bits per heavy atom. The van der Waals surface area contributed by atoms with Gasteiger partial charge in [-0.05, 0) is 0 Å². The van der Waals surface area contributed by atoms with Gasteiger partial charge < -0.3 is 20.1 Å². The van der Waals surface area contributed by atoms with Gasteiger partial charge in [-0.1, -0.05) is 0 Å². The number of rotatable bonds is 3. The molecular weight excluding hydrogens is 268 g/mol. The fourth-order valence-corrected chi connectivity index (χ4v) is 2.24. The zero-order chi connectivity index (χ0) is 14.9. The maximum absolute atomic E-state index is 11.7.